The molecule has 0 amide bonds. The van der Waals surface area contributed by atoms with Crippen molar-refractivity contribution >= 4 is 0 Å². The molecule has 17 heavy (non-hydrogen) atoms. The fourth-order valence-electron chi connectivity index (χ4n) is 2.00. The topological polar surface area (TPSA) is 72.2 Å². The van der Waals surface area contributed by atoms with Gasteiger partial charge in [0.2, 0.25) is 0 Å². The first-order valence-electron chi connectivity index (χ1n) is 6.27. The third kappa shape index (κ3) is 4.07. The third-order valence-electron chi connectivity index (χ3n) is 2.94. The van der Waals surface area contributed by atoms with Crippen LogP contribution in [0.25, 0.3) is 0 Å². The quantitative estimate of drug-likeness (QED) is 0.684. The lowest BCUT2D eigenvalue weighted by atomic mass is 10.3. The van der Waals surface area contributed by atoms with E-state index in [0.717, 1.165) is 18.5 Å². The van der Waals surface area contributed by atoms with Gasteiger partial charge in [-0.15, -0.1) is 5.10 Å². The van der Waals surface area contributed by atoms with E-state index in [1.165, 1.54) is 12.8 Å². The minimum absolute atomic E-state index is 0.179. The smallest absolute Gasteiger partial charge is 0.0988 e. The van der Waals surface area contributed by atoms with Crippen molar-refractivity contribution in [1.29, 1.82) is 0 Å². The Morgan fingerprint density at radius 2 is 2.29 bits per heavy atom. The Morgan fingerprint density at radius 3 is 3.06 bits per heavy atom. The van der Waals surface area contributed by atoms with Crippen molar-refractivity contribution in [3.8, 4) is 0 Å². The molecule has 0 aliphatic heterocycles. The summed E-state index contributed by atoms with van der Waals surface area (Å²) >= 11 is 0. The molecule has 1 aliphatic carbocycles. The predicted molar refractivity (Wildman–Crippen MR) is 61.9 cm³/mol. The molecular formula is C11H20N4O2. The van der Waals surface area contributed by atoms with E-state index in [2.05, 4.69) is 15.8 Å². The number of aliphatic hydroxyl groups excluding tert-OH is 1. The SMILES string of the molecule is OCCCn1cc(CNOC2CCCC2)nn1. The molecule has 1 aromatic heterocycles. The van der Waals surface area contributed by atoms with Crippen LogP contribution >= 0.6 is 0 Å². The molecule has 2 rings (SSSR count). The van der Waals surface area contributed by atoms with Crippen LogP contribution in [0, 0.1) is 0 Å². The van der Waals surface area contributed by atoms with E-state index in [4.69, 9.17) is 9.94 Å². The van der Waals surface area contributed by atoms with E-state index in [0.29, 0.717) is 25.6 Å². The highest BCUT2D eigenvalue weighted by atomic mass is 16.7. The highest BCUT2D eigenvalue weighted by Crippen LogP contribution is 2.19. The molecule has 1 saturated carbocycles. The van der Waals surface area contributed by atoms with Crippen molar-refractivity contribution in [2.45, 2.75) is 51.3 Å². The molecule has 1 heterocycles. The molecule has 6 heteroatoms. The van der Waals surface area contributed by atoms with Crippen molar-refractivity contribution in [2.75, 3.05) is 6.61 Å². The second kappa shape index (κ2) is 6.68. The van der Waals surface area contributed by atoms with Gasteiger partial charge >= 0.3 is 0 Å². The van der Waals surface area contributed by atoms with Crippen LogP contribution in [0.4, 0.5) is 0 Å². The molecule has 0 unspecified atom stereocenters. The summed E-state index contributed by atoms with van der Waals surface area (Å²) in [4.78, 5) is 5.53. The second-order valence-corrected chi connectivity index (χ2v) is 4.40. The van der Waals surface area contributed by atoms with Gasteiger partial charge in [-0.1, -0.05) is 18.1 Å². The van der Waals surface area contributed by atoms with Gasteiger partial charge in [-0.2, -0.15) is 5.48 Å². The highest BCUT2D eigenvalue weighted by molar-refractivity contribution is 4.90. The summed E-state index contributed by atoms with van der Waals surface area (Å²) < 4.78 is 1.74. The Bertz CT molecular complexity index is 323. The summed E-state index contributed by atoms with van der Waals surface area (Å²) in [5, 5.41) is 16.7. The van der Waals surface area contributed by atoms with Crippen LogP contribution in [-0.2, 0) is 17.9 Å². The van der Waals surface area contributed by atoms with Gasteiger partial charge < -0.3 is 5.11 Å². The summed E-state index contributed by atoms with van der Waals surface area (Å²) in [6.45, 7) is 1.46. The number of hydroxylamine groups is 1. The molecule has 1 aromatic rings. The maximum absolute atomic E-state index is 8.70. The Labute approximate surface area is 101 Å². The molecule has 0 saturated heterocycles. The zero-order valence-corrected chi connectivity index (χ0v) is 10.0. The van der Waals surface area contributed by atoms with Crippen LogP contribution < -0.4 is 5.48 Å². The number of nitrogens with one attached hydrogen (secondary N) is 1. The van der Waals surface area contributed by atoms with Crippen molar-refractivity contribution in [3.05, 3.63) is 11.9 Å². The van der Waals surface area contributed by atoms with Crippen LogP contribution in [0.15, 0.2) is 6.20 Å². The number of nitrogens with zero attached hydrogens (tertiary/aromatic N) is 3. The molecule has 0 bridgehead atoms. The average Bonchev–Trinajstić information content (AvgIpc) is 2.98. The van der Waals surface area contributed by atoms with Crippen LogP contribution in [0.5, 0.6) is 0 Å². The van der Waals surface area contributed by atoms with Crippen molar-refractivity contribution in [1.82, 2.24) is 20.5 Å². The van der Waals surface area contributed by atoms with Crippen LogP contribution in [0.2, 0.25) is 0 Å². The molecule has 0 aromatic carbocycles. The standard InChI is InChI=1S/C11H20N4O2/c16-7-3-6-15-9-10(13-14-15)8-12-17-11-4-1-2-5-11/h9,11-12,16H,1-8H2. The summed E-state index contributed by atoms with van der Waals surface area (Å²) in [6.07, 6.45) is 7.77. The van der Waals surface area contributed by atoms with Gasteiger partial charge in [0.1, 0.15) is 0 Å². The van der Waals surface area contributed by atoms with Gasteiger partial charge in [0.05, 0.1) is 18.3 Å². The minimum atomic E-state index is 0.179. The normalized spacial score (nSPS) is 16.8. The fraction of sp³-hybridized carbons (Fsp3) is 0.818. The van der Waals surface area contributed by atoms with Gasteiger partial charge in [0.15, 0.2) is 0 Å². The number of hydrogen-bond acceptors (Lipinski definition) is 5. The molecule has 1 aliphatic rings. The Hall–Kier alpha value is -0.980. The van der Waals surface area contributed by atoms with Crippen LogP contribution in [0.1, 0.15) is 37.8 Å². The molecule has 0 spiro atoms. The molecule has 2 N–H and O–H groups in total. The molecular weight excluding hydrogens is 220 g/mol. The van der Waals surface area contributed by atoms with E-state index < -0.39 is 0 Å². The molecule has 6 nitrogen and oxygen atoms in total. The monoisotopic (exact) mass is 240 g/mol. The van der Waals surface area contributed by atoms with Crippen molar-refractivity contribution < 1.29 is 9.94 Å². The lowest BCUT2D eigenvalue weighted by molar-refractivity contribution is -0.0249. The van der Waals surface area contributed by atoms with E-state index >= 15 is 0 Å². The summed E-state index contributed by atoms with van der Waals surface area (Å²) in [5.74, 6) is 0. The van der Waals surface area contributed by atoms with E-state index in [1.54, 1.807) is 4.68 Å². The Kier molecular flexibility index (Phi) is 4.90. The van der Waals surface area contributed by atoms with Gasteiger partial charge in [-0.05, 0) is 19.3 Å². The summed E-state index contributed by atoms with van der Waals surface area (Å²) in [6, 6.07) is 0. The maximum atomic E-state index is 8.70. The first kappa shape index (κ1) is 12.5. The third-order valence-corrected chi connectivity index (χ3v) is 2.94. The second-order valence-electron chi connectivity index (χ2n) is 4.40. The average molecular weight is 240 g/mol. The summed E-state index contributed by atoms with van der Waals surface area (Å²) in [5.41, 5.74) is 3.81. The van der Waals surface area contributed by atoms with Gasteiger partial charge in [-0.25, -0.2) is 0 Å². The first-order valence-corrected chi connectivity index (χ1v) is 6.27. The zero-order valence-electron chi connectivity index (χ0n) is 10.0. The number of aliphatic hydroxyl groups is 1. The molecule has 96 valence electrons. The lowest BCUT2D eigenvalue weighted by Crippen LogP contribution is -2.21. The minimum Gasteiger partial charge on any atom is -0.396 e. The van der Waals surface area contributed by atoms with Crippen LogP contribution in [-0.4, -0.2) is 32.8 Å². The number of rotatable bonds is 7. The van der Waals surface area contributed by atoms with Crippen molar-refractivity contribution in [2.24, 2.45) is 0 Å². The van der Waals surface area contributed by atoms with Gasteiger partial charge in [0.25, 0.3) is 0 Å². The first-order chi connectivity index (χ1) is 8.38. The fourth-order valence-corrected chi connectivity index (χ4v) is 2.00. The van der Waals surface area contributed by atoms with Crippen molar-refractivity contribution in [3.63, 3.8) is 0 Å². The van der Waals surface area contributed by atoms with E-state index in [1.807, 2.05) is 6.20 Å². The maximum Gasteiger partial charge on any atom is 0.0988 e. The number of hydrogen-bond donors (Lipinski definition) is 2. The Balaban J connectivity index is 1.65. The lowest BCUT2D eigenvalue weighted by Gasteiger charge is -2.09. The number of aromatic nitrogens is 3. The molecule has 0 atom stereocenters. The van der Waals surface area contributed by atoms with Gasteiger partial charge in [-0.3, -0.25) is 9.52 Å². The van der Waals surface area contributed by atoms with E-state index in [-0.39, 0.29) is 6.61 Å². The Morgan fingerprint density at radius 1 is 1.47 bits per heavy atom. The van der Waals surface area contributed by atoms with Gasteiger partial charge in [0, 0.05) is 19.3 Å². The number of aryl methyl sites for hydroxylation is 1. The molecule has 0 radical (unpaired) electrons. The van der Waals surface area contributed by atoms with E-state index in [9.17, 15) is 0 Å². The largest absolute Gasteiger partial charge is 0.396 e. The van der Waals surface area contributed by atoms with Crippen LogP contribution in [0.3, 0.4) is 0 Å². The molecule has 1 fully saturated rings. The highest BCUT2D eigenvalue weighted by Gasteiger charge is 2.15. The summed E-state index contributed by atoms with van der Waals surface area (Å²) in [7, 11) is 0. The zero-order chi connectivity index (χ0) is 11.9. The predicted octanol–water partition coefficient (Wildman–Crippen LogP) is 0.624.